The van der Waals surface area contributed by atoms with Gasteiger partial charge in [-0.2, -0.15) is 13.2 Å². The van der Waals surface area contributed by atoms with Crippen LogP contribution in [0.15, 0.2) is 18.2 Å². The Morgan fingerprint density at radius 2 is 1.89 bits per heavy atom. The van der Waals surface area contributed by atoms with Crippen LogP contribution in [0.2, 0.25) is 0 Å². The highest BCUT2D eigenvalue weighted by molar-refractivity contribution is 5.32. The molecule has 19 heavy (non-hydrogen) atoms. The fourth-order valence-electron chi connectivity index (χ4n) is 2.18. The van der Waals surface area contributed by atoms with Gasteiger partial charge in [0.05, 0.1) is 11.7 Å². The van der Waals surface area contributed by atoms with Crippen LogP contribution in [0, 0.1) is 11.7 Å². The molecule has 0 aliphatic heterocycles. The van der Waals surface area contributed by atoms with E-state index in [0.29, 0.717) is 6.07 Å². The molecule has 1 nitrogen and oxygen atoms in total. The second-order valence-electron chi connectivity index (χ2n) is 4.87. The van der Waals surface area contributed by atoms with E-state index in [1.807, 2.05) is 13.8 Å². The molecular weight excluding hydrogens is 260 g/mol. The van der Waals surface area contributed by atoms with Gasteiger partial charge in [-0.25, -0.2) is 4.39 Å². The Hall–Kier alpha value is -1.10. The van der Waals surface area contributed by atoms with Gasteiger partial charge in [-0.15, -0.1) is 0 Å². The zero-order valence-electron chi connectivity index (χ0n) is 11.0. The third kappa shape index (κ3) is 4.49. The minimum absolute atomic E-state index is 0.117. The summed E-state index contributed by atoms with van der Waals surface area (Å²) < 4.78 is 51.3. The van der Waals surface area contributed by atoms with Crippen LogP contribution in [0.1, 0.15) is 50.3 Å². The van der Waals surface area contributed by atoms with Gasteiger partial charge in [-0.05, 0) is 30.0 Å². The second-order valence-corrected chi connectivity index (χ2v) is 4.87. The Balaban J connectivity index is 2.99. The number of halogens is 4. The average Bonchev–Trinajstić information content (AvgIpc) is 2.27. The van der Waals surface area contributed by atoms with Crippen molar-refractivity contribution >= 4 is 0 Å². The first kappa shape index (κ1) is 16.0. The Morgan fingerprint density at radius 1 is 1.26 bits per heavy atom. The molecule has 1 N–H and O–H groups in total. The zero-order chi connectivity index (χ0) is 14.6. The predicted molar refractivity (Wildman–Crippen MR) is 65.1 cm³/mol. The van der Waals surface area contributed by atoms with Crippen LogP contribution in [0.4, 0.5) is 17.6 Å². The molecule has 108 valence electrons. The van der Waals surface area contributed by atoms with Crippen molar-refractivity contribution in [1.29, 1.82) is 0 Å². The minimum Gasteiger partial charge on any atom is -0.388 e. The van der Waals surface area contributed by atoms with Gasteiger partial charge < -0.3 is 5.11 Å². The molecule has 0 amide bonds. The van der Waals surface area contributed by atoms with E-state index in [2.05, 4.69) is 0 Å². The van der Waals surface area contributed by atoms with Gasteiger partial charge in [0, 0.05) is 0 Å². The molecule has 5 heteroatoms. The Kier molecular flexibility index (Phi) is 5.35. The lowest BCUT2D eigenvalue weighted by molar-refractivity contribution is -0.139. The lowest BCUT2D eigenvalue weighted by Gasteiger charge is -2.20. The maximum atomic E-state index is 12.9. The van der Waals surface area contributed by atoms with Crippen molar-refractivity contribution in [1.82, 2.24) is 0 Å². The summed E-state index contributed by atoms with van der Waals surface area (Å²) >= 11 is 0. The molecule has 0 aliphatic rings. The average molecular weight is 278 g/mol. The fraction of sp³-hybridized carbons (Fsp3) is 0.571. The topological polar surface area (TPSA) is 20.2 Å². The second kappa shape index (κ2) is 6.37. The molecule has 0 radical (unpaired) electrons. The van der Waals surface area contributed by atoms with E-state index >= 15 is 0 Å². The third-order valence-corrected chi connectivity index (χ3v) is 3.09. The smallest absolute Gasteiger partial charge is 0.388 e. The quantitative estimate of drug-likeness (QED) is 0.774. The summed E-state index contributed by atoms with van der Waals surface area (Å²) in [6.45, 7) is 3.85. The third-order valence-electron chi connectivity index (χ3n) is 3.09. The van der Waals surface area contributed by atoms with E-state index in [0.717, 1.165) is 25.0 Å². The first-order chi connectivity index (χ1) is 8.75. The van der Waals surface area contributed by atoms with Crippen LogP contribution >= 0.6 is 0 Å². The molecule has 2 atom stereocenters. The van der Waals surface area contributed by atoms with E-state index in [4.69, 9.17) is 0 Å². The van der Waals surface area contributed by atoms with E-state index in [1.54, 1.807) is 0 Å². The van der Waals surface area contributed by atoms with Crippen molar-refractivity contribution in [2.24, 2.45) is 5.92 Å². The number of rotatable bonds is 5. The zero-order valence-corrected chi connectivity index (χ0v) is 11.0. The molecule has 0 spiro atoms. The molecule has 1 aromatic rings. The first-order valence-electron chi connectivity index (χ1n) is 6.30. The van der Waals surface area contributed by atoms with Gasteiger partial charge in [-0.3, -0.25) is 0 Å². The monoisotopic (exact) mass is 278 g/mol. The molecule has 0 bridgehead atoms. The Bertz CT molecular complexity index is 414. The van der Waals surface area contributed by atoms with Crippen molar-refractivity contribution < 1.29 is 22.7 Å². The van der Waals surface area contributed by atoms with Crippen LogP contribution in [0.5, 0.6) is 0 Å². The van der Waals surface area contributed by atoms with Gasteiger partial charge >= 0.3 is 6.18 Å². The normalized spacial score (nSPS) is 15.3. The van der Waals surface area contributed by atoms with E-state index in [-0.39, 0.29) is 17.9 Å². The van der Waals surface area contributed by atoms with Crippen LogP contribution in [-0.4, -0.2) is 5.11 Å². The maximum Gasteiger partial charge on any atom is 0.416 e. The summed E-state index contributed by atoms with van der Waals surface area (Å²) in [6.07, 6.45) is -3.91. The van der Waals surface area contributed by atoms with Crippen LogP contribution < -0.4 is 0 Å². The molecule has 0 aliphatic carbocycles. The van der Waals surface area contributed by atoms with Gasteiger partial charge in [0.2, 0.25) is 0 Å². The molecule has 0 saturated heterocycles. The highest BCUT2D eigenvalue weighted by atomic mass is 19.4. The summed E-state index contributed by atoms with van der Waals surface area (Å²) in [6, 6.07) is 2.39. The molecular formula is C14H18F4O. The van der Waals surface area contributed by atoms with Gasteiger partial charge in [0.25, 0.3) is 0 Å². The number of aliphatic hydroxyl groups excluding tert-OH is 1. The maximum absolute atomic E-state index is 12.9. The largest absolute Gasteiger partial charge is 0.416 e. The van der Waals surface area contributed by atoms with Crippen LogP contribution in [0.3, 0.4) is 0 Å². The molecule has 0 saturated carbocycles. The van der Waals surface area contributed by atoms with Crippen molar-refractivity contribution in [3.63, 3.8) is 0 Å². The number of benzene rings is 1. The van der Waals surface area contributed by atoms with Crippen molar-refractivity contribution in [2.45, 2.75) is 45.4 Å². The highest BCUT2D eigenvalue weighted by Gasteiger charge is 2.35. The number of hydrogen-bond acceptors (Lipinski definition) is 1. The van der Waals surface area contributed by atoms with Crippen molar-refractivity contribution in [2.75, 3.05) is 0 Å². The minimum atomic E-state index is -4.66. The van der Waals surface area contributed by atoms with Gasteiger partial charge in [0.1, 0.15) is 5.82 Å². The summed E-state index contributed by atoms with van der Waals surface area (Å²) in [4.78, 5) is 0. The molecule has 1 aromatic carbocycles. The standard InChI is InChI=1S/C14H18F4O/c1-3-4-9(2)7-13(19)11-6-5-10(15)8-12(11)14(16,17)18/h5-6,8-9,13,19H,3-4,7H2,1-2H3. The van der Waals surface area contributed by atoms with Gasteiger partial charge in [0.15, 0.2) is 0 Å². The summed E-state index contributed by atoms with van der Waals surface area (Å²) in [7, 11) is 0. The van der Waals surface area contributed by atoms with Gasteiger partial charge in [-0.1, -0.05) is 32.8 Å². The van der Waals surface area contributed by atoms with E-state index < -0.39 is 23.7 Å². The fourth-order valence-corrected chi connectivity index (χ4v) is 2.18. The van der Waals surface area contributed by atoms with Crippen LogP contribution in [-0.2, 0) is 6.18 Å². The molecule has 0 fully saturated rings. The molecule has 2 unspecified atom stereocenters. The Labute approximate surface area is 110 Å². The number of hydrogen-bond donors (Lipinski definition) is 1. The van der Waals surface area contributed by atoms with E-state index in [1.165, 1.54) is 0 Å². The molecule has 0 heterocycles. The van der Waals surface area contributed by atoms with E-state index in [9.17, 15) is 22.7 Å². The molecule has 1 rings (SSSR count). The van der Waals surface area contributed by atoms with Crippen molar-refractivity contribution in [3.8, 4) is 0 Å². The number of alkyl halides is 3. The SMILES string of the molecule is CCCC(C)CC(O)c1ccc(F)cc1C(F)(F)F. The summed E-state index contributed by atoms with van der Waals surface area (Å²) in [5, 5.41) is 9.93. The van der Waals surface area contributed by atoms with Crippen molar-refractivity contribution in [3.05, 3.63) is 35.1 Å². The lowest BCUT2D eigenvalue weighted by Crippen LogP contribution is -2.14. The lowest BCUT2D eigenvalue weighted by atomic mass is 9.92. The summed E-state index contributed by atoms with van der Waals surface area (Å²) in [5.41, 5.74) is -1.35. The number of aliphatic hydroxyl groups is 1. The predicted octanol–water partition coefficient (Wildman–Crippen LogP) is 4.70. The van der Waals surface area contributed by atoms with Crippen LogP contribution in [0.25, 0.3) is 0 Å². The Morgan fingerprint density at radius 3 is 2.42 bits per heavy atom. The summed E-state index contributed by atoms with van der Waals surface area (Å²) in [5.74, 6) is -0.837. The molecule has 0 aromatic heterocycles. The highest BCUT2D eigenvalue weighted by Crippen LogP contribution is 2.37. The first-order valence-corrected chi connectivity index (χ1v) is 6.30.